The molecule has 29 heavy (non-hydrogen) atoms. The van der Waals surface area contributed by atoms with Gasteiger partial charge >= 0.3 is 0 Å². The second-order valence-electron chi connectivity index (χ2n) is 7.05. The lowest BCUT2D eigenvalue weighted by Crippen LogP contribution is -2.71. The standard InChI is InChI=1S/C9H7B20/c1-2-4-6(24(13)14)7(25(15)22-11)5(3-21-10)8(26(16)28(17)18)9(4)27(23-12)29(19)20/h2-3H2,1H3. The molecule has 1 aromatic carbocycles. The van der Waals surface area contributed by atoms with Crippen molar-refractivity contribution in [3.8, 4) is 0 Å². The van der Waals surface area contributed by atoms with Crippen LogP contribution in [0.15, 0.2) is 0 Å². The third-order valence-corrected chi connectivity index (χ3v) is 5.13. The topological polar surface area (TPSA) is 0 Å². The van der Waals surface area contributed by atoms with E-state index in [0.29, 0.717) is 40.2 Å². The predicted molar refractivity (Wildman–Crippen MR) is 153 cm³/mol. The third kappa shape index (κ3) is 6.06. The Hall–Kier alpha value is 0.519. The van der Waals surface area contributed by atoms with Crippen molar-refractivity contribution in [1.29, 1.82) is 0 Å². The molecular weight excluding hydrogens is 324 g/mol. The van der Waals surface area contributed by atoms with Crippen molar-refractivity contribution in [2.75, 3.05) is 0 Å². The van der Waals surface area contributed by atoms with Gasteiger partial charge in [-0.15, -0.1) is 21.9 Å². The number of hydrogen-bond acceptors (Lipinski definition) is 0. The zero-order valence-electron chi connectivity index (χ0n) is 17.0. The summed E-state index contributed by atoms with van der Waals surface area (Å²) in [6.45, 7) is -0.941. The molecular formula is C9H7B20. The summed E-state index contributed by atoms with van der Waals surface area (Å²) in [4.78, 5) is 0. The van der Waals surface area contributed by atoms with Crippen molar-refractivity contribution >= 4 is 167 Å². The molecule has 1 aromatic rings. The minimum absolute atomic E-state index is 0.292. The molecule has 0 atom stereocenters. The van der Waals surface area contributed by atoms with Crippen LogP contribution in [0.3, 0.4) is 0 Å². The van der Waals surface area contributed by atoms with Crippen LogP contribution in [0, 0.1) is 0 Å². The van der Waals surface area contributed by atoms with Gasteiger partial charge in [0.1, 0.15) is 0 Å². The zero-order valence-corrected chi connectivity index (χ0v) is 17.0. The SMILES string of the molecule is [B][B]Cc1c(B([B])[B][B])c(B([B])[B])c(CC)c(B([B][B])B([B])[B])c1B([B])B([B])[B]. The van der Waals surface area contributed by atoms with Crippen LogP contribution in [0.5, 0.6) is 0 Å². The average Bonchev–Trinajstić information content (AvgIpc) is 2.66. The first-order chi connectivity index (χ1) is 13.6. The molecule has 0 heterocycles. The molecule has 0 aliphatic heterocycles. The summed E-state index contributed by atoms with van der Waals surface area (Å²) in [5.41, 5.74) is 4.05. The maximum Gasteiger partial charge on any atom is 0.0801 e. The van der Waals surface area contributed by atoms with E-state index in [2.05, 4.69) is 0 Å². The fraction of sp³-hybridized carbons (Fsp3) is 0.333. The summed E-state index contributed by atoms with van der Waals surface area (Å²) in [6, 6.07) is 0. The lowest BCUT2D eigenvalue weighted by Gasteiger charge is -2.37. The summed E-state index contributed by atoms with van der Waals surface area (Å²) >= 11 is 0. The van der Waals surface area contributed by atoms with E-state index in [4.69, 9.17) is 85.1 Å². The highest BCUT2D eigenvalue weighted by Crippen LogP contribution is 2.05. The first-order valence-electron chi connectivity index (χ1n) is 9.48. The molecule has 0 saturated carbocycles. The highest BCUT2D eigenvalue weighted by molar-refractivity contribution is 7.76. The maximum absolute atomic E-state index is 6.44. The van der Waals surface area contributed by atoms with E-state index in [1.54, 1.807) is 0 Å². The Balaban J connectivity index is 4.28. The Labute approximate surface area is 197 Å². The van der Waals surface area contributed by atoms with Crippen molar-refractivity contribution in [1.82, 2.24) is 0 Å². The maximum atomic E-state index is 6.44. The van der Waals surface area contributed by atoms with Crippen LogP contribution < -0.4 is 21.9 Å². The molecule has 0 aliphatic carbocycles. The summed E-state index contributed by atoms with van der Waals surface area (Å²) in [7, 11) is 70.8. The van der Waals surface area contributed by atoms with Gasteiger partial charge in [0, 0.05) is 112 Å². The highest BCUT2D eigenvalue weighted by Gasteiger charge is 2.33. The molecule has 0 amide bonds. The monoisotopic (exact) mass is 335 g/mol. The molecule has 103 valence electrons. The van der Waals surface area contributed by atoms with Gasteiger partial charge in [0.15, 0.2) is 0 Å². The average molecular weight is 331 g/mol. The van der Waals surface area contributed by atoms with Crippen molar-refractivity contribution in [3.63, 3.8) is 0 Å². The number of benzene rings is 1. The molecule has 0 N–H and O–H groups in total. The Morgan fingerprint density at radius 2 is 1.28 bits per heavy atom. The second-order valence-corrected chi connectivity index (χ2v) is 7.05. The summed E-state index contributed by atoms with van der Waals surface area (Å²) < 4.78 is 0. The largest absolute Gasteiger partial charge is 0.104 e. The van der Waals surface area contributed by atoms with Crippen molar-refractivity contribution < 1.29 is 0 Å². The predicted octanol–water partition coefficient (Wildman–Crippen LogP) is -8.62. The first-order valence-corrected chi connectivity index (χ1v) is 9.48. The van der Waals surface area contributed by atoms with E-state index in [9.17, 15) is 0 Å². The molecule has 0 bridgehead atoms. The van der Waals surface area contributed by atoms with E-state index in [-0.39, 0.29) is 0 Å². The van der Waals surface area contributed by atoms with Crippen molar-refractivity contribution in [2.45, 2.75) is 19.7 Å². The van der Waals surface area contributed by atoms with E-state index in [0.717, 1.165) is 5.56 Å². The van der Waals surface area contributed by atoms with Crippen LogP contribution in [0.4, 0.5) is 0 Å². The second kappa shape index (κ2) is 12.5. The lowest BCUT2D eigenvalue weighted by atomic mass is 8.79. The zero-order chi connectivity index (χ0) is 22.5. The van der Waals surface area contributed by atoms with Crippen LogP contribution >= 0.6 is 0 Å². The molecule has 1 rings (SSSR count). The molecule has 20 heteroatoms. The molecule has 0 unspecified atom stereocenters. The van der Waals surface area contributed by atoms with Gasteiger partial charge in [-0.1, -0.05) is 24.4 Å². The Bertz CT molecular complexity index is 658. The quantitative estimate of drug-likeness (QED) is 0.354. The van der Waals surface area contributed by atoms with Gasteiger partial charge in [0.05, 0.1) is 33.1 Å². The summed E-state index contributed by atoms with van der Waals surface area (Å²) in [6.07, 6.45) is -0.878. The van der Waals surface area contributed by atoms with E-state index in [1.807, 2.05) is 6.92 Å². The van der Waals surface area contributed by atoms with Gasteiger partial charge in [-0.2, -0.15) is 0 Å². The van der Waals surface area contributed by atoms with Crippen LogP contribution in [0.1, 0.15) is 18.1 Å². The van der Waals surface area contributed by atoms with Crippen molar-refractivity contribution in [2.24, 2.45) is 0 Å². The van der Waals surface area contributed by atoms with E-state index in [1.165, 1.54) is 21.3 Å². The molecule has 0 spiro atoms. The first kappa shape index (κ1) is 27.6. The van der Waals surface area contributed by atoms with Gasteiger partial charge in [-0.25, -0.2) is 0 Å². The minimum atomic E-state index is -0.884. The molecule has 0 nitrogen and oxygen atoms in total. The molecule has 0 saturated heterocycles. The molecule has 0 fully saturated rings. The molecule has 0 aromatic heterocycles. The smallest absolute Gasteiger partial charge is 0.0801 e. The van der Waals surface area contributed by atoms with Crippen LogP contribution in [-0.2, 0) is 12.7 Å². The molecule has 0 aliphatic rings. The van der Waals surface area contributed by atoms with Gasteiger partial charge < -0.3 is 0 Å². The van der Waals surface area contributed by atoms with Gasteiger partial charge in [-0.05, 0) is 6.42 Å². The summed E-state index contributed by atoms with van der Waals surface area (Å²) in [5, 5.41) is 0. The van der Waals surface area contributed by atoms with Gasteiger partial charge in [0.25, 0.3) is 0 Å². The van der Waals surface area contributed by atoms with Gasteiger partial charge in [-0.3, -0.25) is 0 Å². The minimum Gasteiger partial charge on any atom is -0.104 e. The third-order valence-electron chi connectivity index (χ3n) is 5.13. The Morgan fingerprint density at radius 3 is 1.62 bits per heavy atom. The molecule has 25 radical (unpaired) electrons. The fourth-order valence-electron chi connectivity index (χ4n) is 3.89. The van der Waals surface area contributed by atoms with Crippen molar-refractivity contribution in [3.05, 3.63) is 11.1 Å². The number of hydrogen-bond donors (Lipinski definition) is 0. The van der Waals surface area contributed by atoms with E-state index >= 15 is 0 Å². The highest BCUT2D eigenvalue weighted by atomic mass is 14.1. The Morgan fingerprint density at radius 1 is 0.690 bits per heavy atom. The van der Waals surface area contributed by atoms with Crippen LogP contribution in [0.25, 0.3) is 0 Å². The van der Waals surface area contributed by atoms with E-state index < -0.39 is 38.7 Å². The number of rotatable bonds is 11. The fourth-order valence-corrected chi connectivity index (χ4v) is 3.89. The van der Waals surface area contributed by atoms with Crippen LogP contribution in [-0.4, -0.2) is 145 Å². The van der Waals surface area contributed by atoms with Crippen LogP contribution in [0.2, 0.25) is 0 Å². The lowest BCUT2D eigenvalue weighted by molar-refractivity contribution is 1.17. The Kier molecular flexibility index (Phi) is 11.9. The summed E-state index contributed by atoms with van der Waals surface area (Å²) in [5.74, 6) is 0. The normalized spacial score (nSPS) is 9.97. The van der Waals surface area contributed by atoms with Gasteiger partial charge in [0.2, 0.25) is 0 Å².